The smallest absolute Gasteiger partial charge is 0.246 e. The average molecular weight is 607 g/mol. The summed E-state index contributed by atoms with van der Waals surface area (Å²) in [6.07, 6.45) is 2.18. The molecule has 4 aliphatic rings. The van der Waals surface area contributed by atoms with Gasteiger partial charge in [0.25, 0.3) is 0 Å². The number of phenols is 1. The van der Waals surface area contributed by atoms with Crippen LogP contribution in [0.3, 0.4) is 0 Å². The zero-order chi connectivity index (χ0) is 30.2. The third kappa shape index (κ3) is 4.09. The molecule has 2 aromatic carbocycles. The van der Waals surface area contributed by atoms with Crippen LogP contribution in [0, 0.1) is 18.6 Å². The van der Waals surface area contributed by atoms with Gasteiger partial charge < -0.3 is 25.0 Å². The van der Waals surface area contributed by atoms with Crippen molar-refractivity contribution in [1.82, 2.24) is 14.8 Å². The SMILES string of the molecule is C=CC(=O)N1CCN2C3=NC4OC(C)c5nccc(C)c5N4c4c(F)c(-c5c(O)cccc5F)c(Cl)c(c43)NCCC2C1. The molecule has 3 atom stereocenters. The summed E-state index contributed by atoms with van der Waals surface area (Å²) in [5, 5.41) is 14.0. The Morgan fingerprint density at radius 2 is 2.02 bits per heavy atom. The van der Waals surface area contributed by atoms with Crippen molar-refractivity contribution < 1.29 is 23.4 Å². The molecule has 43 heavy (non-hydrogen) atoms. The summed E-state index contributed by atoms with van der Waals surface area (Å²) in [4.78, 5) is 27.6. The molecular formula is C31H29ClF2N6O3. The summed E-state index contributed by atoms with van der Waals surface area (Å²) in [6.45, 7) is 9.13. The van der Waals surface area contributed by atoms with Crippen LogP contribution < -0.4 is 10.2 Å². The lowest BCUT2D eigenvalue weighted by Gasteiger charge is -2.49. The predicted molar refractivity (Wildman–Crippen MR) is 160 cm³/mol. The molecule has 12 heteroatoms. The maximum absolute atomic E-state index is 17.3. The Balaban J connectivity index is 1.52. The highest BCUT2D eigenvalue weighted by molar-refractivity contribution is 6.38. The number of ether oxygens (including phenoxy) is 1. The normalized spacial score (nSPS) is 22.2. The second-order valence-corrected chi connectivity index (χ2v) is 11.5. The summed E-state index contributed by atoms with van der Waals surface area (Å²) in [5.41, 5.74) is 2.35. The van der Waals surface area contributed by atoms with E-state index in [1.165, 1.54) is 18.2 Å². The maximum atomic E-state index is 17.3. The number of hydrogen-bond acceptors (Lipinski definition) is 8. The van der Waals surface area contributed by atoms with Crippen molar-refractivity contribution in [2.75, 3.05) is 36.4 Å². The summed E-state index contributed by atoms with van der Waals surface area (Å²) < 4.78 is 39.0. The minimum absolute atomic E-state index is 0.0730. The number of aromatic hydroxyl groups is 1. The first-order chi connectivity index (χ1) is 20.7. The lowest BCUT2D eigenvalue weighted by atomic mass is 9.92. The molecule has 1 fully saturated rings. The number of hydrogen-bond donors (Lipinski definition) is 2. The van der Waals surface area contributed by atoms with Crippen LogP contribution in [0.25, 0.3) is 11.1 Å². The molecule has 9 nitrogen and oxygen atoms in total. The number of phenolic OH excluding ortho intramolecular Hbond substituents is 1. The van der Waals surface area contributed by atoms with E-state index in [4.69, 9.17) is 21.3 Å². The molecule has 2 N–H and O–H groups in total. The average Bonchev–Trinajstić information content (AvgIpc) is 2.98. The van der Waals surface area contributed by atoms with Crippen LogP contribution in [0.1, 0.15) is 36.3 Å². The fourth-order valence-electron chi connectivity index (χ4n) is 6.64. The van der Waals surface area contributed by atoms with Crippen molar-refractivity contribution in [2.45, 2.75) is 38.8 Å². The largest absolute Gasteiger partial charge is 0.507 e. The van der Waals surface area contributed by atoms with E-state index in [1.807, 2.05) is 19.9 Å². The highest BCUT2D eigenvalue weighted by atomic mass is 35.5. The first kappa shape index (κ1) is 27.6. The molecule has 0 saturated carbocycles. The zero-order valence-corrected chi connectivity index (χ0v) is 24.3. The van der Waals surface area contributed by atoms with Crippen molar-refractivity contribution in [3.63, 3.8) is 0 Å². The van der Waals surface area contributed by atoms with E-state index >= 15 is 8.78 Å². The van der Waals surface area contributed by atoms with Gasteiger partial charge in [0.1, 0.15) is 23.5 Å². The third-order valence-electron chi connectivity index (χ3n) is 8.64. The zero-order valence-electron chi connectivity index (χ0n) is 23.6. The molecule has 4 aliphatic heterocycles. The Bertz CT molecular complexity index is 1710. The topological polar surface area (TPSA) is 93.5 Å². The van der Waals surface area contributed by atoms with Crippen LogP contribution in [-0.2, 0) is 9.53 Å². The van der Waals surface area contributed by atoms with Gasteiger partial charge in [-0.15, -0.1) is 0 Å². The van der Waals surface area contributed by atoms with Gasteiger partial charge in [-0.2, -0.15) is 0 Å². The second-order valence-electron chi connectivity index (χ2n) is 11.1. The predicted octanol–water partition coefficient (Wildman–Crippen LogP) is 5.48. The molecule has 3 aromatic rings. The van der Waals surface area contributed by atoms with Crippen LogP contribution in [0.5, 0.6) is 5.75 Å². The molecule has 7 rings (SSSR count). The number of carbonyl (C=O) groups excluding carboxylic acids is 1. The van der Waals surface area contributed by atoms with Gasteiger partial charge in [-0.1, -0.05) is 24.2 Å². The van der Waals surface area contributed by atoms with Crippen molar-refractivity contribution in [3.8, 4) is 16.9 Å². The molecule has 5 heterocycles. The number of carbonyl (C=O) groups is 1. The molecular weight excluding hydrogens is 578 g/mol. The number of amides is 1. The van der Waals surface area contributed by atoms with Gasteiger partial charge in [-0.05, 0) is 50.1 Å². The number of benzene rings is 2. The van der Waals surface area contributed by atoms with Crippen LogP contribution in [0.4, 0.5) is 25.8 Å². The van der Waals surface area contributed by atoms with Crippen LogP contribution >= 0.6 is 11.6 Å². The van der Waals surface area contributed by atoms with Crippen molar-refractivity contribution in [1.29, 1.82) is 0 Å². The Morgan fingerprint density at radius 3 is 2.79 bits per heavy atom. The van der Waals surface area contributed by atoms with Gasteiger partial charge in [-0.3, -0.25) is 14.7 Å². The van der Waals surface area contributed by atoms with Crippen molar-refractivity contribution in [3.05, 3.63) is 76.6 Å². The standard InChI is InChI=1S/C31H29ClF2N6O3/c1-4-20(42)38-12-13-39-17(14-38)9-11-36-27-23-29(25(34)22(24(27)32)21-18(33)6-5-7-19(21)41)40-28-15(2)8-10-35-26(28)16(3)43-31(40)37-30(23)39/h4-8,10,16-17,31,36,41H,1,9,11-14H2,2-3H3. The highest BCUT2D eigenvalue weighted by Gasteiger charge is 2.46. The Morgan fingerprint density at radius 1 is 1.21 bits per heavy atom. The van der Waals surface area contributed by atoms with Gasteiger partial charge in [0, 0.05) is 44.0 Å². The Kier molecular flexibility index (Phi) is 6.55. The molecule has 0 radical (unpaired) electrons. The van der Waals surface area contributed by atoms with Crippen LogP contribution in [-0.4, -0.2) is 70.2 Å². The number of fused-ring (bicyclic) bond motifs is 6. The molecule has 3 unspecified atom stereocenters. The summed E-state index contributed by atoms with van der Waals surface area (Å²) in [6, 6.07) is 5.49. The van der Waals surface area contributed by atoms with E-state index < -0.39 is 29.8 Å². The van der Waals surface area contributed by atoms with Gasteiger partial charge >= 0.3 is 0 Å². The van der Waals surface area contributed by atoms with Crippen molar-refractivity contribution in [2.24, 2.45) is 4.99 Å². The first-order valence-electron chi connectivity index (χ1n) is 14.1. The number of nitrogens with one attached hydrogen (secondary N) is 1. The van der Waals surface area contributed by atoms with Crippen molar-refractivity contribution >= 4 is 40.4 Å². The summed E-state index contributed by atoms with van der Waals surface area (Å²) in [5.74, 6) is -1.76. The summed E-state index contributed by atoms with van der Waals surface area (Å²) >= 11 is 6.96. The fraction of sp³-hybridized carbons (Fsp3) is 0.323. The molecule has 0 aliphatic carbocycles. The van der Waals surface area contributed by atoms with E-state index in [-0.39, 0.29) is 33.8 Å². The Labute approximate surface area is 252 Å². The van der Waals surface area contributed by atoms with Gasteiger partial charge in [0.2, 0.25) is 12.3 Å². The monoisotopic (exact) mass is 606 g/mol. The number of halogens is 3. The minimum Gasteiger partial charge on any atom is -0.507 e. The Hall–Kier alpha value is -4.22. The highest BCUT2D eigenvalue weighted by Crippen LogP contribution is 2.54. The number of anilines is 3. The first-order valence-corrected chi connectivity index (χ1v) is 14.5. The fourth-order valence-corrected chi connectivity index (χ4v) is 6.98. The number of aliphatic imine (C=N–C) groups is 1. The molecule has 222 valence electrons. The number of piperazine rings is 1. The van der Waals surface area contributed by atoms with E-state index in [9.17, 15) is 9.90 Å². The molecule has 0 bridgehead atoms. The number of pyridine rings is 1. The summed E-state index contributed by atoms with van der Waals surface area (Å²) in [7, 11) is 0. The lowest BCUT2D eigenvalue weighted by molar-refractivity contribution is -0.128. The van der Waals surface area contributed by atoms with E-state index in [1.54, 1.807) is 16.0 Å². The third-order valence-corrected chi connectivity index (χ3v) is 9.02. The molecule has 0 spiro atoms. The van der Waals surface area contributed by atoms with E-state index in [0.717, 1.165) is 11.6 Å². The number of nitrogens with zero attached hydrogens (tertiary/aromatic N) is 5. The number of rotatable bonds is 2. The van der Waals surface area contributed by atoms with Gasteiger partial charge in [-0.25, -0.2) is 13.8 Å². The lowest BCUT2D eigenvalue weighted by Crippen LogP contribution is -2.59. The van der Waals surface area contributed by atoms with Crippen LogP contribution in [0.2, 0.25) is 5.02 Å². The number of aryl methyl sites for hydroxylation is 1. The molecule has 1 saturated heterocycles. The van der Waals surface area contributed by atoms with E-state index in [2.05, 4.69) is 21.8 Å². The second kappa shape index (κ2) is 10.2. The van der Waals surface area contributed by atoms with Crippen LogP contribution in [0.15, 0.2) is 48.1 Å². The number of aromatic nitrogens is 1. The quantitative estimate of drug-likeness (QED) is 0.373. The molecule has 1 aromatic heterocycles. The maximum Gasteiger partial charge on any atom is 0.246 e. The van der Waals surface area contributed by atoms with E-state index in [0.29, 0.717) is 61.1 Å². The van der Waals surface area contributed by atoms with Gasteiger partial charge in [0.05, 0.1) is 38.9 Å². The minimum atomic E-state index is -0.966. The van der Waals surface area contributed by atoms with Gasteiger partial charge in [0.15, 0.2) is 5.82 Å². The molecule has 1 amide bonds. The number of amidine groups is 1.